The Balaban J connectivity index is 0.000000623. The fourth-order valence-electron chi connectivity index (χ4n) is 5.30. The molecule has 0 saturated carbocycles. The highest BCUT2D eigenvalue weighted by molar-refractivity contribution is 7.22. The zero-order chi connectivity index (χ0) is 29.6. The largest absolute Gasteiger partial charge is 0.481 e. The Morgan fingerprint density at radius 2 is 1.66 bits per heavy atom. The first-order valence-corrected chi connectivity index (χ1v) is 14.8. The van der Waals surface area contributed by atoms with Crippen molar-refractivity contribution in [2.75, 3.05) is 20.1 Å². The molecule has 9 heteroatoms. The number of carboxylic acid groups (broad SMARTS) is 1. The number of likely N-dealkylation sites (tertiary alicyclic amines) is 1. The molecule has 214 valence electrons. The van der Waals surface area contributed by atoms with Crippen LogP contribution in [0.3, 0.4) is 0 Å². The van der Waals surface area contributed by atoms with Crippen LogP contribution in [0.2, 0.25) is 5.02 Å². The Morgan fingerprint density at radius 3 is 2.27 bits per heavy atom. The van der Waals surface area contributed by atoms with Gasteiger partial charge < -0.3 is 19.7 Å². The summed E-state index contributed by atoms with van der Waals surface area (Å²) < 4.78 is 3.33. The van der Waals surface area contributed by atoms with Gasteiger partial charge in [0.1, 0.15) is 10.8 Å². The minimum absolute atomic E-state index is 0.0484. The van der Waals surface area contributed by atoms with Crippen molar-refractivity contribution in [3.8, 4) is 21.7 Å². The molecule has 0 spiro atoms. The van der Waals surface area contributed by atoms with Crippen LogP contribution in [0.25, 0.3) is 42.9 Å². The third-order valence-electron chi connectivity index (χ3n) is 7.00. The number of carbonyl (C=O) groups is 1. The van der Waals surface area contributed by atoms with Gasteiger partial charge in [0.2, 0.25) is 0 Å². The Labute approximate surface area is 249 Å². The van der Waals surface area contributed by atoms with Gasteiger partial charge in [-0.3, -0.25) is 4.79 Å². The van der Waals surface area contributed by atoms with Crippen LogP contribution in [0.5, 0.6) is 0 Å². The van der Waals surface area contributed by atoms with E-state index in [0.29, 0.717) is 11.1 Å². The number of aliphatic carboxylic acids is 1. The number of hydrogen-bond donors (Lipinski definition) is 2. The van der Waals surface area contributed by atoms with Crippen molar-refractivity contribution in [2.24, 2.45) is 0 Å². The number of thiazole rings is 1. The Kier molecular flexibility index (Phi) is 7.96. The number of hydrogen-bond acceptors (Lipinski definition) is 6. The van der Waals surface area contributed by atoms with Crippen LogP contribution in [-0.4, -0.2) is 61.4 Å². The summed E-state index contributed by atoms with van der Waals surface area (Å²) in [7, 11) is 2.14. The molecule has 3 aromatic carbocycles. The van der Waals surface area contributed by atoms with Crippen LogP contribution in [0.4, 0.5) is 0 Å². The maximum atomic E-state index is 11.7. The van der Waals surface area contributed by atoms with E-state index in [9.17, 15) is 9.90 Å². The molecule has 0 radical (unpaired) electrons. The van der Waals surface area contributed by atoms with Crippen LogP contribution < -0.4 is 0 Å². The molecule has 2 N–H and O–H groups in total. The fourth-order valence-corrected chi connectivity index (χ4v) is 6.56. The lowest BCUT2D eigenvalue weighted by molar-refractivity contribution is -0.136. The van der Waals surface area contributed by atoms with Gasteiger partial charge in [-0.05, 0) is 94.8 Å². The number of nitrogens with zero attached hydrogens (tertiary/aromatic N) is 4. The Hall–Kier alpha value is -3.30. The van der Waals surface area contributed by atoms with Gasteiger partial charge in [0, 0.05) is 29.2 Å². The molecule has 0 atom stereocenters. The summed E-state index contributed by atoms with van der Waals surface area (Å²) in [5.74, 6) is 0.177. The number of aliphatic hydroxyl groups is 1. The van der Waals surface area contributed by atoms with Crippen LogP contribution in [0, 0.1) is 13.8 Å². The number of halogens is 1. The maximum absolute atomic E-state index is 11.7. The van der Waals surface area contributed by atoms with Gasteiger partial charge >= 0.3 is 5.97 Å². The predicted octanol–water partition coefficient (Wildman–Crippen LogP) is 7.14. The van der Waals surface area contributed by atoms with E-state index in [4.69, 9.17) is 26.7 Å². The molecule has 0 amide bonds. The molecule has 1 aliphatic rings. The van der Waals surface area contributed by atoms with Crippen molar-refractivity contribution in [1.29, 1.82) is 0 Å². The first-order valence-electron chi connectivity index (χ1n) is 13.6. The quantitative estimate of drug-likeness (QED) is 0.226. The second-order valence-corrected chi connectivity index (χ2v) is 13.2. The normalized spacial score (nSPS) is 14.2. The van der Waals surface area contributed by atoms with Gasteiger partial charge in [-0.25, -0.2) is 9.97 Å². The van der Waals surface area contributed by atoms with E-state index in [-0.39, 0.29) is 6.42 Å². The van der Waals surface area contributed by atoms with Crippen molar-refractivity contribution in [1.82, 2.24) is 19.4 Å². The average molecular weight is 591 g/mol. The molecule has 7 nitrogen and oxygen atoms in total. The summed E-state index contributed by atoms with van der Waals surface area (Å²) in [4.78, 5) is 23.8. The third kappa shape index (κ3) is 6.31. The third-order valence-corrected chi connectivity index (χ3v) is 8.38. The number of carboxylic acids is 1. The van der Waals surface area contributed by atoms with Gasteiger partial charge in [-0.1, -0.05) is 23.7 Å². The first kappa shape index (κ1) is 29.2. The summed E-state index contributed by atoms with van der Waals surface area (Å²) in [6.07, 6.45) is -0.0484. The highest BCUT2D eigenvalue weighted by atomic mass is 35.5. The second-order valence-electron chi connectivity index (χ2n) is 11.8. The summed E-state index contributed by atoms with van der Waals surface area (Å²) >= 11 is 7.75. The molecule has 0 aliphatic carbocycles. The smallest absolute Gasteiger partial charge is 0.307 e. The standard InChI is InChI=1S/C28H25ClN4O2S.C4H10O/c1-15-10-23-27(26(21(15)12-25(34)35)17-4-7-19(29)8-5-17)36-28(31-23)18-6-9-22-24(11-18)33(16(2)30-22)20-13-32(3)14-20;1-4(2,3)5/h4-11,20H,12-14H2,1-3H3,(H,34,35);5H,1-3H3. The number of rotatable bonds is 5. The molecule has 1 saturated heterocycles. The van der Waals surface area contributed by atoms with Gasteiger partial charge in [0.05, 0.1) is 39.3 Å². The topological polar surface area (TPSA) is 91.5 Å². The molecule has 2 aromatic heterocycles. The van der Waals surface area contributed by atoms with E-state index in [2.05, 4.69) is 41.6 Å². The molecule has 6 rings (SSSR count). The molecule has 1 aliphatic heterocycles. The van der Waals surface area contributed by atoms with E-state index in [1.807, 2.05) is 37.3 Å². The number of aryl methyl sites for hydroxylation is 2. The van der Waals surface area contributed by atoms with E-state index in [1.165, 1.54) is 0 Å². The van der Waals surface area contributed by atoms with Gasteiger partial charge in [-0.15, -0.1) is 11.3 Å². The lowest BCUT2D eigenvalue weighted by atomic mass is 9.93. The van der Waals surface area contributed by atoms with Crippen LogP contribution >= 0.6 is 22.9 Å². The Morgan fingerprint density at radius 1 is 1.02 bits per heavy atom. The van der Waals surface area contributed by atoms with Crippen molar-refractivity contribution < 1.29 is 15.0 Å². The zero-order valence-corrected chi connectivity index (χ0v) is 25.8. The number of benzene rings is 3. The summed E-state index contributed by atoms with van der Waals surface area (Å²) in [6.45, 7) is 11.3. The fraction of sp³-hybridized carbons (Fsp3) is 0.344. The van der Waals surface area contributed by atoms with Crippen molar-refractivity contribution in [3.63, 3.8) is 0 Å². The molecule has 0 bridgehead atoms. The molecule has 1 fully saturated rings. The summed E-state index contributed by atoms with van der Waals surface area (Å²) in [5.41, 5.74) is 7.13. The highest BCUT2D eigenvalue weighted by Gasteiger charge is 2.28. The van der Waals surface area contributed by atoms with Gasteiger partial charge in [0.15, 0.2) is 0 Å². The minimum Gasteiger partial charge on any atom is -0.481 e. The van der Waals surface area contributed by atoms with Crippen molar-refractivity contribution in [2.45, 2.75) is 52.7 Å². The molecular formula is C32H35ClN4O3S. The van der Waals surface area contributed by atoms with E-state index >= 15 is 0 Å². The summed E-state index contributed by atoms with van der Waals surface area (Å²) in [5, 5.41) is 19.7. The maximum Gasteiger partial charge on any atom is 0.307 e. The van der Waals surface area contributed by atoms with Gasteiger partial charge in [0.25, 0.3) is 0 Å². The van der Waals surface area contributed by atoms with E-state index < -0.39 is 11.6 Å². The number of aromatic nitrogens is 3. The molecule has 0 unspecified atom stereocenters. The summed E-state index contributed by atoms with van der Waals surface area (Å²) in [6, 6.07) is 16.4. The van der Waals surface area contributed by atoms with Crippen LogP contribution in [-0.2, 0) is 11.2 Å². The molecule has 5 aromatic rings. The van der Waals surface area contributed by atoms with Crippen LogP contribution in [0.1, 0.15) is 43.8 Å². The predicted molar refractivity (Wildman–Crippen MR) is 168 cm³/mol. The number of fused-ring (bicyclic) bond motifs is 2. The number of likely N-dealkylation sites (N-methyl/N-ethyl adjacent to an activating group) is 1. The SMILES string of the molecule is CC(C)(C)O.Cc1cc2nc(-c3ccc4nc(C)n(C5CN(C)C5)c4c3)sc2c(-c2ccc(Cl)cc2)c1CC(=O)O. The number of imidazole rings is 1. The molecule has 41 heavy (non-hydrogen) atoms. The van der Waals surface area contributed by atoms with E-state index in [1.54, 1.807) is 32.1 Å². The minimum atomic E-state index is -0.854. The Bertz CT molecular complexity index is 1740. The monoisotopic (exact) mass is 590 g/mol. The lowest BCUT2D eigenvalue weighted by Gasteiger charge is -2.38. The zero-order valence-electron chi connectivity index (χ0n) is 24.2. The second kappa shape index (κ2) is 11.2. The molecular weight excluding hydrogens is 556 g/mol. The first-order chi connectivity index (χ1) is 19.3. The lowest BCUT2D eigenvalue weighted by Crippen LogP contribution is -2.45. The average Bonchev–Trinajstić information content (AvgIpc) is 3.41. The molecule has 3 heterocycles. The van der Waals surface area contributed by atoms with Crippen molar-refractivity contribution in [3.05, 3.63) is 70.5 Å². The highest BCUT2D eigenvalue weighted by Crippen LogP contribution is 2.41. The van der Waals surface area contributed by atoms with E-state index in [0.717, 1.165) is 73.0 Å². The van der Waals surface area contributed by atoms with Crippen molar-refractivity contribution >= 4 is 50.2 Å². The van der Waals surface area contributed by atoms with Crippen LogP contribution in [0.15, 0.2) is 48.5 Å². The van der Waals surface area contributed by atoms with Gasteiger partial charge in [-0.2, -0.15) is 0 Å².